The van der Waals surface area contributed by atoms with Crippen LogP contribution in [-0.4, -0.2) is 53.9 Å². The van der Waals surface area contributed by atoms with Crippen molar-refractivity contribution in [2.75, 3.05) is 13.2 Å². The van der Waals surface area contributed by atoms with Crippen molar-refractivity contribution in [3.8, 4) is 0 Å². The molecule has 2 aromatic rings. The van der Waals surface area contributed by atoms with Crippen LogP contribution in [0.4, 0.5) is 0 Å². The first-order chi connectivity index (χ1) is 14.5. The summed E-state index contributed by atoms with van der Waals surface area (Å²) in [6, 6.07) is 15.1. The summed E-state index contributed by atoms with van der Waals surface area (Å²) in [7, 11) is 0. The minimum Gasteiger partial charge on any atom is -0.374 e. The van der Waals surface area contributed by atoms with Crippen LogP contribution < -0.4 is 10.6 Å². The first-order valence-corrected chi connectivity index (χ1v) is 10.6. The summed E-state index contributed by atoms with van der Waals surface area (Å²) in [6.45, 7) is 0.794. The summed E-state index contributed by atoms with van der Waals surface area (Å²) in [5.41, 5.74) is 1.54. The van der Waals surface area contributed by atoms with Gasteiger partial charge in [-0.3, -0.25) is 14.4 Å². The number of nitrogens with zero attached hydrogens (tertiary/aromatic N) is 1. The number of benzene rings is 2. The van der Waals surface area contributed by atoms with Crippen molar-refractivity contribution in [1.29, 1.82) is 0 Å². The Labute approximate surface area is 182 Å². The van der Waals surface area contributed by atoms with Gasteiger partial charge in [0.15, 0.2) is 0 Å². The van der Waals surface area contributed by atoms with Crippen molar-refractivity contribution in [3.05, 3.63) is 70.2 Å². The Balaban J connectivity index is 1.33. The zero-order valence-corrected chi connectivity index (χ0v) is 17.8. The summed E-state index contributed by atoms with van der Waals surface area (Å²) in [4.78, 5) is 39.4. The van der Waals surface area contributed by atoms with E-state index in [4.69, 9.17) is 4.74 Å². The monoisotopic (exact) mass is 471 g/mol. The van der Waals surface area contributed by atoms with Crippen LogP contribution in [0.15, 0.2) is 59.1 Å². The van der Waals surface area contributed by atoms with Gasteiger partial charge in [0.1, 0.15) is 12.1 Å². The standard InChI is InChI=1S/C22H22BrN3O4/c23-16-8-6-15(7-9-16)20(27)24-17-10-19-21(28)25-18(22(29)26(19)11-17)13-30-12-14-4-2-1-3-5-14/h1-9,17-19H,10-13H2,(H,24,27)(H,25,28)/t17-,18-,19-/m0/s1. The number of hydrogen-bond acceptors (Lipinski definition) is 4. The number of amides is 3. The fourth-order valence-corrected chi connectivity index (χ4v) is 4.08. The van der Waals surface area contributed by atoms with Crippen molar-refractivity contribution in [1.82, 2.24) is 15.5 Å². The number of nitrogens with one attached hydrogen (secondary N) is 2. The number of ether oxygens (including phenoxy) is 1. The van der Waals surface area contributed by atoms with Crippen molar-refractivity contribution in [3.63, 3.8) is 0 Å². The summed E-state index contributed by atoms with van der Waals surface area (Å²) in [6.07, 6.45) is 0.400. The van der Waals surface area contributed by atoms with Gasteiger partial charge in [0.05, 0.1) is 13.2 Å². The normalized spacial score (nSPS) is 23.1. The van der Waals surface area contributed by atoms with Gasteiger partial charge in [-0.05, 0) is 36.2 Å². The third kappa shape index (κ3) is 4.55. The molecule has 2 aromatic carbocycles. The van der Waals surface area contributed by atoms with Crippen LogP contribution in [0.1, 0.15) is 22.3 Å². The summed E-state index contributed by atoms with van der Waals surface area (Å²) in [5.74, 6) is -0.598. The molecule has 156 valence electrons. The second-order valence-electron chi connectivity index (χ2n) is 7.48. The number of fused-ring (bicyclic) bond motifs is 1. The molecule has 0 bridgehead atoms. The Bertz CT molecular complexity index is 935. The molecule has 2 saturated heterocycles. The molecule has 0 unspecified atom stereocenters. The molecule has 0 saturated carbocycles. The van der Waals surface area contributed by atoms with Crippen LogP contribution in [0.5, 0.6) is 0 Å². The van der Waals surface area contributed by atoms with Gasteiger partial charge in [-0.25, -0.2) is 0 Å². The molecule has 3 atom stereocenters. The van der Waals surface area contributed by atoms with E-state index in [-0.39, 0.29) is 30.4 Å². The van der Waals surface area contributed by atoms with Gasteiger partial charge in [0.2, 0.25) is 11.8 Å². The van der Waals surface area contributed by atoms with Crippen molar-refractivity contribution < 1.29 is 19.1 Å². The number of rotatable bonds is 6. The van der Waals surface area contributed by atoms with E-state index in [0.717, 1.165) is 10.0 Å². The second-order valence-corrected chi connectivity index (χ2v) is 8.40. The highest BCUT2D eigenvalue weighted by Gasteiger charge is 2.46. The minimum absolute atomic E-state index is 0.110. The maximum absolute atomic E-state index is 12.8. The van der Waals surface area contributed by atoms with Crippen LogP contribution in [0.2, 0.25) is 0 Å². The molecule has 0 aromatic heterocycles. The van der Waals surface area contributed by atoms with Gasteiger partial charge in [-0.15, -0.1) is 0 Å². The maximum atomic E-state index is 12.8. The molecular weight excluding hydrogens is 450 g/mol. The highest BCUT2D eigenvalue weighted by molar-refractivity contribution is 9.10. The molecule has 4 rings (SSSR count). The van der Waals surface area contributed by atoms with E-state index < -0.39 is 12.1 Å². The van der Waals surface area contributed by atoms with Crippen LogP contribution >= 0.6 is 15.9 Å². The van der Waals surface area contributed by atoms with Gasteiger partial charge in [0, 0.05) is 22.6 Å². The van der Waals surface area contributed by atoms with Crippen molar-refractivity contribution in [2.45, 2.75) is 31.2 Å². The molecule has 2 aliphatic rings. The highest BCUT2D eigenvalue weighted by atomic mass is 79.9. The Morgan fingerprint density at radius 3 is 2.60 bits per heavy atom. The first kappa shape index (κ1) is 20.6. The van der Waals surface area contributed by atoms with Gasteiger partial charge in [-0.2, -0.15) is 0 Å². The fourth-order valence-electron chi connectivity index (χ4n) is 3.81. The maximum Gasteiger partial charge on any atom is 0.251 e. The Morgan fingerprint density at radius 2 is 1.87 bits per heavy atom. The first-order valence-electron chi connectivity index (χ1n) is 9.80. The number of halogens is 1. The van der Waals surface area contributed by atoms with E-state index in [1.54, 1.807) is 29.2 Å². The van der Waals surface area contributed by atoms with E-state index >= 15 is 0 Å². The lowest BCUT2D eigenvalue weighted by Crippen LogP contribution is -2.62. The fraction of sp³-hybridized carbons (Fsp3) is 0.318. The Hall–Kier alpha value is -2.71. The minimum atomic E-state index is -0.710. The third-order valence-electron chi connectivity index (χ3n) is 5.34. The van der Waals surface area contributed by atoms with Crippen molar-refractivity contribution >= 4 is 33.7 Å². The largest absolute Gasteiger partial charge is 0.374 e. The molecule has 2 N–H and O–H groups in total. The predicted molar refractivity (Wildman–Crippen MR) is 114 cm³/mol. The third-order valence-corrected chi connectivity index (χ3v) is 5.87. The molecule has 2 heterocycles. The lowest BCUT2D eigenvalue weighted by Gasteiger charge is -2.34. The average molecular weight is 472 g/mol. The second kappa shape index (κ2) is 8.97. The lowest BCUT2D eigenvalue weighted by molar-refractivity contribution is -0.148. The zero-order valence-electron chi connectivity index (χ0n) is 16.2. The van der Waals surface area contributed by atoms with Crippen LogP contribution in [0.25, 0.3) is 0 Å². The molecular formula is C22H22BrN3O4. The summed E-state index contributed by atoms with van der Waals surface area (Å²) < 4.78 is 6.54. The number of piperazine rings is 1. The number of hydrogen-bond donors (Lipinski definition) is 2. The van der Waals surface area contributed by atoms with Crippen molar-refractivity contribution in [2.24, 2.45) is 0 Å². The zero-order chi connectivity index (χ0) is 21.1. The van der Waals surface area contributed by atoms with E-state index in [2.05, 4.69) is 26.6 Å². The van der Waals surface area contributed by atoms with Gasteiger partial charge < -0.3 is 20.3 Å². The van der Waals surface area contributed by atoms with Crippen LogP contribution in [0.3, 0.4) is 0 Å². The molecule has 30 heavy (non-hydrogen) atoms. The van der Waals surface area contributed by atoms with E-state index in [1.165, 1.54) is 0 Å². The van der Waals surface area contributed by atoms with Gasteiger partial charge in [0.25, 0.3) is 5.91 Å². The van der Waals surface area contributed by atoms with Gasteiger partial charge in [-0.1, -0.05) is 46.3 Å². The number of carbonyl (C=O) groups is 3. The predicted octanol–water partition coefficient (Wildman–Crippen LogP) is 1.86. The van der Waals surface area contributed by atoms with Crippen LogP contribution in [0, 0.1) is 0 Å². The highest BCUT2D eigenvalue weighted by Crippen LogP contribution is 2.23. The van der Waals surface area contributed by atoms with E-state index in [0.29, 0.717) is 25.1 Å². The Morgan fingerprint density at radius 1 is 1.13 bits per heavy atom. The number of carbonyl (C=O) groups excluding carboxylic acids is 3. The lowest BCUT2D eigenvalue weighted by atomic mass is 10.1. The summed E-state index contributed by atoms with van der Waals surface area (Å²) in [5, 5.41) is 5.69. The molecule has 8 heteroatoms. The molecule has 0 spiro atoms. The smallest absolute Gasteiger partial charge is 0.251 e. The molecule has 0 radical (unpaired) electrons. The molecule has 2 aliphatic heterocycles. The molecule has 2 fully saturated rings. The average Bonchev–Trinajstić information content (AvgIpc) is 3.17. The topological polar surface area (TPSA) is 87.7 Å². The summed E-state index contributed by atoms with van der Waals surface area (Å²) >= 11 is 3.34. The molecule has 0 aliphatic carbocycles. The molecule has 7 nitrogen and oxygen atoms in total. The molecule has 3 amide bonds. The van der Waals surface area contributed by atoms with Gasteiger partial charge >= 0.3 is 0 Å². The SMILES string of the molecule is O=C(N[C@H]1C[C@H]2C(=O)N[C@@H](COCc3ccccc3)C(=O)N2C1)c1ccc(Br)cc1. The Kier molecular flexibility index (Phi) is 6.15. The quantitative estimate of drug-likeness (QED) is 0.672. The van der Waals surface area contributed by atoms with E-state index in [9.17, 15) is 14.4 Å². The van der Waals surface area contributed by atoms with Crippen LogP contribution in [-0.2, 0) is 20.9 Å². The van der Waals surface area contributed by atoms with E-state index in [1.807, 2.05) is 30.3 Å².